The van der Waals surface area contributed by atoms with Gasteiger partial charge in [-0.2, -0.15) is 0 Å². The summed E-state index contributed by atoms with van der Waals surface area (Å²) in [5.74, 6) is -0.324. The molecule has 0 radical (unpaired) electrons. The van der Waals surface area contributed by atoms with Crippen molar-refractivity contribution in [3.05, 3.63) is 12.2 Å². The van der Waals surface area contributed by atoms with Crippen molar-refractivity contribution in [3.8, 4) is 0 Å². The van der Waals surface area contributed by atoms with Gasteiger partial charge in [0.05, 0.1) is 13.2 Å². The molecule has 0 aromatic rings. The summed E-state index contributed by atoms with van der Waals surface area (Å²) in [7, 11) is 1.36. The van der Waals surface area contributed by atoms with Crippen LogP contribution in [0, 0.1) is 0 Å². The normalized spacial score (nSPS) is 28.9. The van der Waals surface area contributed by atoms with Crippen molar-refractivity contribution in [1.29, 1.82) is 0 Å². The molecule has 1 aliphatic rings. The molecule has 62 valence electrons. The lowest BCUT2D eigenvalue weighted by atomic mass is 10.2. The van der Waals surface area contributed by atoms with Crippen molar-refractivity contribution < 1.29 is 14.3 Å². The molecule has 1 aliphatic heterocycles. The van der Waals surface area contributed by atoms with E-state index in [1.807, 2.05) is 0 Å². The molecule has 2 atom stereocenters. The topological polar surface area (TPSA) is 38.8 Å². The highest BCUT2D eigenvalue weighted by atomic mass is 16.6. The number of carbonyl (C=O) groups excluding carboxylic acids is 1. The Morgan fingerprint density at radius 1 is 1.73 bits per heavy atom. The molecule has 3 heteroatoms. The summed E-state index contributed by atoms with van der Waals surface area (Å²) < 4.78 is 9.58. The van der Waals surface area contributed by atoms with Gasteiger partial charge in [0.15, 0.2) is 0 Å². The number of carbonyl (C=O) groups is 1. The summed E-state index contributed by atoms with van der Waals surface area (Å²) in [5.41, 5.74) is 0. The highest BCUT2D eigenvalue weighted by molar-refractivity contribution is 5.81. The molecule has 0 aromatic carbocycles. The Kier molecular flexibility index (Phi) is 2.65. The molecule has 0 aromatic heterocycles. The molecule has 0 amide bonds. The van der Waals surface area contributed by atoms with Gasteiger partial charge in [-0.25, -0.2) is 4.79 Å². The maximum absolute atomic E-state index is 10.6. The largest absolute Gasteiger partial charge is 0.466 e. The minimum atomic E-state index is -0.324. The fourth-order valence-corrected chi connectivity index (χ4v) is 0.896. The fourth-order valence-electron chi connectivity index (χ4n) is 0.896. The van der Waals surface area contributed by atoms with Crippen LogP contribution in [0.5, 0.6) is 0 Å². The zero-order valence-electron chi connectivity index (χ0n) is 6.74. The summed E-state index contributed by atoms with van der Waals surface area (Å²) in [4.78, 5) is 10.6. The van der Waals surface area contributed by atoms with E-state index in [1.165, 1.54) is 13.2 Å². The molecule has 1 fully saturated rings. The summed E-state index contributed by atoms with van der Waals surface area (Å²) in [6, 6.07) is 0. The second kappa shape index (κ2) is 3.53. The van der Waals surface area contributed by atoms with E-state index in [1.54, 1.807) is 6.08 Å². The average Bonchev–Trinajstić information content (AvgIpc) is 2.78. The molecule has 0 N–H and O–H groups in total. The standard InChI is InChI=1S/C8H12O3/c1-3-6-7(11-6)4-5-8(9)10-2/h4-7H,3H2,1-2H3/t6-,7+/m0/s1. The lowest BCUT2D eigenvalue weighted by molar-refractivity contribution is -0.134. The summed E-state index contributed by atoms with van der Waals surface area (Å²) >= 11 is 0. The minimum absolute atomic E-state index is 0.138. The van der Waals surface area contributed by atoms with Crippen LogP contribution >= 0.6 is 0 Å². The Labute approximate surface area is 66.0 Å². The second-order valence-corrected chi connectivity index (χ2v) is 2.43. The van der Waals surface area contributed by atoms with Gasteiger partial charge >= 0.3 is 5.97 Å². The monoisotopic (exact) mass is 156 g/mol. The number of ether oxygens (including phenoxy) is 2. The average molecular weight is 156 g/mol. The van der Waals surface area contributed by atoms with Gasteiger partial charge < -0.3 is 9.47 Å². The van der Waals surface area contributed by atoms with E-state index < -0.39 is 0 Å². The lowest BCUT2D eigenvalue weighted by Crippen LogP contribution is -1.95. The summed E-state index contributed by atoms with van der Waals surface area (Å²) in [6.45, 7) is 2.05. The van der Waals surface area contributed by atoms with Gasteiger partial charge in [-0.05, 0) is 12.5 Å². The van der Waals surface area contributed by atoms with Crippen molar-refractivity contribution in [2.75, 3.05) is 7.11 Å². The van der Waals surface area contributed by atoms with Gasteiger partial charge in [-0.1, -0.05) is 6.92 Å². The SMILES string of the molecule is CC[C@@H]1O[C@@H]1C=CC(=O)OC. The molecule has 1 rings (SSSR count). The number of hydrogen-bond acceptors (Lipinski definition) is 3. The first-order chi connectivity index (χ1) is 5.27. The van der Waals surface area contributed by atoms with Crippen molar-refractivity contribution in [2.45, 2.75) is 25.6 Å². The van der Waals surface area contributed by atoms with Crippen molar-refractivity contribution in [1.82, 2.24) is 0 Å². The third kappa shape index (κ3) is 2.35. The smallest absolute Gasteiger partial charge is 0.330 e. The Morgan fingerprint density at radius 3 is 2.91 bits per heavy atom. The van der Waals surface area contributed by atoms with Crippen LogP contribution in [-0.2, 0) is 14.3 Å². The van der Waals surface area contributed by atoms with Crippen molar-refractivity contribution in [3.63, 3.8) is 0 Å². The van der Waals surface area contributed by atoms with E-state index in [2.05, 4.69) is 11.7 Å². The van der Waals surface area contributed by atoms with E-state index in [-0.39, 0.29) is 12.1 Å². The zero-order chi connectivity index (χ0) is 8.27. The quantitative estimate of drug-likeness (QED) is 0.346. The van der Waals surface area contributed by atoms with Crippen LogP contribution in [0.25, 0.3) is 0 Å². The first-order valence-corrected chi connectivity index (χ1v) is 3.69. The zero-order valence-corrected chi connectivity index (χ0v) is 6.74. The lowest BCUT2D eigenvalue weighted by Gasteiger charge is -1.86. The van der Waals surface area contributed by atoms with Crippen molar-refractivity contribution >= 4 is 5.97 Å². The number of methoxy groups -OCH3 is 1. The van der Waals surface area contributed by atoms with Crippen LogP contribution in [0.15, 0.2) is 12.2 Å². The predicted molar refractivity (Wildman–Crippen MR) is 40.1 cm³/mol. The molecule has 1 saturated heterocycles. The maximum atomic E-state index is 10.6. The van der Waals surface area contributed by atoms with Crippen LogP contribution in [0.4, 0.5) is 0 Å². The molecule has 0 spiro atoms. The molecule has 1 heterocycles. The summed E-state index contributed by atoms with van der Waals surface area (Å²) in [6.07, 6.45) is 4.59. The molecule has 3 nitrogen and oxygen atoms in total. The van der Waals surface area contributed by atoms with Gasteiger partial charge in [0.25, 0.3) is 0 Å². The van der Waals surface area contributed by atoms with Gasteiger partial charge in [0.2, 0.25) is 0 Å². The van der Waals surface area contributed by atoms with Gasteiger partial charge in [0, 0.05) is 6.08 Å². The maximum Gasteiger partial charge on any atom is 0.330 e. The van der Waals surface area contributed by atoms with E-state index in [0.717, 1.165) is 6.42 Å². The molecule has 0 saturated carbocycles. The van der Waals surface area contributed by atoms with E-state index >= 15 is 0 Å². The van der Waals surface area contributed by atoms with Crippen LogP contribution in [0.1, 0.15) is 13.3 Å². The number of hydrogen-bond donors (Lipinski definition) is 0. The van der Waals surface area contributed by atoms with Gasteiger partial charge in [-0.15, -0.1) is 0 Å². The van der Waals surface area contributed by atoms with Crippen LogP contribution in [-0.4, -0.2) is 25.3 Å². The van der Waals surface area contributed by atoms with Gasteiger partial charge in [0.1, 0.15) is 6.10 Å². The fraction of sp³-hybridized carbons (Fsp3) is 0.625. The molecular weight excluding hydrogens is 144 g/mol. The third-order valence-electron chi connectivity index (χ3n) is 1.65. The second-order valence-electron chi connectivity index (χ2n) is 2.43. The first-order valence-electron chi connectivity index (χ1n) is 3.69. The van der Waals surface area contributed by atoms with Crippen LogP contribution < -0.4 is 0 Å². The highest BCUT2D eigenvalue weighted by Crippen LogP contribution is 2.25. The van der Waals surface area contributed by atoms with Crippen molar-refractivity contribution in [2.24, 2.45) is 0 Å². The van der Waals surface area contributed by atoms with E-state index in [9.17, 15) is 4.79 Å². The van der Waals surface area contributed by atoms with Gasteiger partial charge in [-0.3, -0.25) is 0 Å². The third-order valence-corrected chi connectivity index (χ3v) is 1.65. The number of epoxide rings is 1. The molecule has 0 aliphatic carbocycles. The number of rotatable bonds is 3. The Bertz CT molecular complexity index is 174. The predicted octanol–water partition coefficient (Wildman–Crippen LogP) is 0.893. The molecule has 0 bridgehead atoms. The van der Waals surface area contributed by atoms with Crippen LogP contribution in [0.3, 0.4) is 0 Å². The van der Waals surface area contributed by atoms with E-state index in [4.69, 9.17) is 4.74 Å². The molecule has 11 heavy (non-hydrogen) atoms. The highest BCUT2D eigenvalue weighted by Gasteiger charge is 2.34. The van der Waals surface area contributed by atoms with Crippen LogP contribution in [0.2, 0.25) is 0 Å². The molecular formula is C8H12O3. The van der Waals surface area contributed by atoms with E-state index in [0.29, 0.717) is 6.10 Å². The number of esters is 1. The molecule has 0 unspecified atom stereocenters. The Hall–Kier alpha value is -0.830. The minimum Gasteiger partial charge on any atom is -0.466 e. The first kappa shape index (κ1) is 8.27. The Balaban J connectivity index is 2.22. The summed E-state index contributed by atoms with van der Waals surface area (Å²) in [5, 5.41) is 0. The Morgan fingerprint density at radius 2 is 2.45 bits per heavy atom.